The Kier molecular flexibility index (Phi) is 5.62. The van der Waals surface area contributed by atoms with E-state index in [1.165, 1.54) is 21.9 Å². The number of hydrogen-bond acceptors (Lipinski definition) is 4. The van der Waals surface area contributed by atoms with E-state index in [1.807, 2.05) is 0 Å². The number of ketones is 1. The van der Waals surface area contributed by atoms with Gasteiger partial charge >= 0.3 is 0 Å². The van der Waals surface area contributed by atoms with Gasteiger partial charge in [-0.15, -0.1) is 0 Å². The molecule has 0 aliphatic carbocycles. The molecule has 0 bridgehead atoms. The highest BCUT2D eigenvalue weighted by Crippen LogP contribution is 2.39. The lowest BCUT2D eigenvalue weighted by Gasteiger charge is -2.29. The number of allylic oxidation sites excluding steroid dienone is 1. The fourth-order valence-electron chi connectivity index (χ4n) is 3.97. The molecule has 4 rings (SSSR count). The number of aromatic hydroxyl groups is 1. The van der Waals surface area contributed by atoms with Gasteiger partial charge in [0, 0.05) is 0 Å². The van der Waals surface area contributed by atoms with Crippen LogP contribution in [0, 0.1) is 5.82 Å². The van der Waals surface area contributed by atoms with Crippen LogP contribution < -0.4 is 14.5 Å². The van der Waals surface area contributed by atoms with E-state index in [-0.39, 0.29) is 29.7 Å². The average molecular weight is 400 g/mol. The van der Waals surface area contributed by atoms with Crippen molar-refractivity contribution in [3.63, 3.8) is 0 Å². The summed E-state index contributed by atoms with van der Waals surface area (Å²) in [6.45, 7) is 5.28. The highest BCUT2D eigenvalue weighted by atomic mass is 19.1. The number of phenolic OH excluding ortho intramolecular Hbond substituents is 1. The number of halogens is 1. The molecule has 2 heterocycles. The molecule has 29 heavy (non-hydrogen) atoms. The Morgan fingerprint density at radius 3 is 2.41 bits per heavy atom. The van der Waals surface area contributed by atoms with E-state index in [4.69, 9.17) is 9.84 Å². The molecule has 0 amide bonds. The number of carbonyl (C=O) groups is 1. The first-order chi connectivity index (χ1) is 14.0. The van der Waals surface area contributed by atoms with Gasteiger partial charge in [0.25, 0.3) is 0 Å². The fourth-order valence-corrected chi connectivity index (χ4v) is 3.97. The minimum Gasteiger partial charge on any atom is -0.507 e. The number of nitrogens with one attached hydrogen (secondary N) is 2. The Labute approximate surface area is 168 Å². The van der Waals surface area contributed by atoms with E-state index >= 15 is 0 Å². The van der Waals surface area contributed by atoms with Crippen LogP contribution in [0.5, 0.6) is 11.5 Å². The van der Waals surface area contributed by atoms with Crippen LogP contribution in [0.25, 0.3) is 6.08 Å². The zero-order valence-corrected chi connectivity index (χ0v) is 16.1. The smallest absolute Gasteiger partial charge is 0.231 e. The molecule has 0 saturated carbocycles. The quantitative estimate of drug-likeness (QED) is 0.507. The summed E-state index contributed by atoms with van der Waals surface area (Å²) < 4.78 is 19.0. The van der Waals surface area contributed by atoms with Gasteiger partial charge in [-0.25, -0.2) is 4.39 Å². The van der Waals surface area contributed by atoms with Crippen LogP contribution in [0.4, 0.5) is 4.39 Å². The molecule has 0 spiro atoms. The number of aliphatic hydroxyl groups excluding tert-OH is 1. The van der Waals surface area contributed by atoms with Crippen molar-refractivity contribution in [3.05, 3.63) is 64.7 Å². The number of phenols is 1. The molecule has 152 valence electrons. The Morgan fingerprint density at radius 2 is 1.72 bits per heavy atom. The number of ether oxygens (including phenoxy) is 1. The fraction of sp³-hybridized carbons (Fsp3) is 0.318. The van der Waals surface area contributed by atoms with Crippen molar-refractivity contribution in [2.24, 2.45) is 0 Å². The highest BCUT2D eigenvalue weighted by molar-refractivity contribution is 6.14. The lowest BCUT2D eigenvalue weighted by molar-refractivity contribution is -1.02. The molecule has 0 unspecified atom stereocenters. The van der Waals surface area contributed by atoms with Crippen LogP contribution in [0.3, 0.4) is 0 Å². The molecule has 2 aliphatic heterocycles. The molecule has 4 N–H and O–H groups in total. The summed E-state index contributed by atoms with van der Waals surface area (Å²) in [6, 6.07) is 8.96. The average Bonchev–Trinajstić information content (AvgIpc) is 3.03. The number of hydrogen-bond donors (Lipinski definition) is 4. The predicted octanol–water partition coefficient (Wildman–Crippen LogP) is -0.577. The molecule has 1 saturated heterocycles. The summed E-state index contributed by atoms with van der Waals surface area (Å²) >= 11 is 0. The van der Waals surface area contributed by atoms with E-state index in [0.29, 0.717) is 29.0 Å². The van der Waals surface area contributed by atoms with Gasteiger partial charge in [0.05, 0.1) is 17.7 Å². The maximum atomic E-state index is 13.1. The van der Waals surface area contributed by atoms with Crippen LogP contribution in [0.2, 0.25) is 0 Å². The van der Waals surface area contributed by atoms with Crippen molar-refractivity contribution < 1.29 is 33.9 Å². The van der Waals surface area contributed by atoms with Gasteiger partial charge in [-0.2, -0.15) is 0 Å². The molecule has 2 aromatic carbocycles. The molecule has 7 heteroatoms. The van der Waals surface area contributed by atoms with Gasteiger partial charge < -0.3 is 24.7 Å². The van der Waals surface area contributed by atoms with Crippen molar-refractivity contribution in [2.75, 3.05) is 39.3 Å². The molecule has 0 radical (unpaired) electrons. The lowest BCUT2D eigenvalue weighted by atomic mass is 10.0. The standard InChI is InChI=1S/C22H23FN2O4/c23-16-3-1-15(2-4-16)13-20-21(28)17-5-6-19(27)18(22(17)29-20)14-25-9-7-24(8-10-25)11-12-26/h1-6,13,26-27H,7-12,14H2/p+2/b20-13-. The van der Waals surface area contributed by atoms with Crippen LogP contribution in [0.1, 0.15) is 21.5 Å². The van der Waals surface area contributed by atoms with E-state index in [2.05, 4.69) is 0 Å². The first kappa shape index (κ1) is 19.6. The number of quaternary nitrogens is 2. The second kappa shape index (κ2) is 8.32. The predicted molar refractivity (Wildman–Crippen MR) is 104 cm³/mol. The highest BCUT2D eigenvalue weighted by Gasteiger charge is 2.33. The molecule has 6 nitrogen and oxygen atoms in total. The molecule has 0 atom stereocenters. The molecule has 2 aliphatic rings. The van der Waals surface area contributed by atoms with Crippen molar-refractivity contribution in [3.8, 4) is 11.5 Å². The van der Waals surface area contributed by atoms with Gasteiger partial charge in [0.1, 0.15) is 50.8 Å². The molecule has 2 aromatic rings. The summed E-state index contributed by atoms with van der Waals surface area (Å²) in [7, 11) is 0. The van der Waals surface area contributed by atoms with E-state index in [9.17, 15) is 14.3 Å². The zero-order chi connectivity index (χ0) is 20.4. The Balaban J connectivity index is 1.54. The maximum Gasteiger partial charge on any atom is 0.231 e. The topological polar surface area (TPSA) is 75.6 Å². The number of rotatable bonds is 5. The SMILES string of the molecule is O=C1/C(=C/c2ccc(F)cc2)Oc2c1ccc(O)c2C[NH+]1CC[NH+](CCO)CC1. The number of piperazine rings is 1. The van der Waals surface area contributed by atoms with Crippen LogP contribution in [-0.4, -0.2) is 55.3 Å². The third kappa shape index (κ3) is 4.17. The second-order valence-electron chi connectivity index (χ2n) is 7.58. The summed E-state index contributed by atoms with van der Waals surface area (Å²) in [5, 5.41) is 19.5. The van der Waals surface area contributed by atoms with Crippen molar-refractivity contribution in [2.45, 2.75) is 6.54 Å². The second-order valence-corrected chi connectivity index (χ2v) is 7.58. The number of aliphatic hydroxyl groups is 1. The normalized spacial score (nSPS) is 22.6. The van der Waals surface area contributed by atoms with Gasteiger partial charge in [-0.3, -0.25) is 4.79 Å². The number of fused-ring (bicyclic) bond motifs is 1. The summed E-state index contributed by atoms with van der Waals surface area (Å²) in [5.41, 5.74) is 1.75. The van der Waals surface area contributed by atoms with E-state index < -0.39 is 0 Å². The first-order valence-corrected chi connectivity index (χ1v) is 9.88. The molecule has 1 fully saturated rings. The van der Waals surface area contributed by atoms with Gasteiger partial charge in [-0.1, -0.05) is 12.1 Å². The molecular formula is C22H25FN2O4+2. The number of benzene rings is 2. The Morgan fingerprint density at radius 1 is 1.03 bits per heavy atom. The number of Topliss-reactive ketones (excluding diaryl/α,β-unsaturated/α-hetero) is 1. The minimum atomic E-state index is -0.342. The Bertz CT molecular complexity index is 935. The van der Waals surface area contributed by atoms with Gasteiger partial charge in [0.2, 0.25) is 5.78 Å². The molecule has 0 aromatic heterocycles. The summed E-state index contributed by atoms with van der Waals surface area (Å²) in [4.78, 5) is 15.4. The van der Waals surface area contributed by atoms with Crippen LogP contribution in [0.15, 0.2) is 42.2 Å². The van der Waals surface area contributed by atoms with E-state index in [1.54, 1.807) is 30.3 Å². The van der Waals surface area contributed by atoms with Crippen LogP contribution in [-0.2, 0) is 6.54 Å². The summed E-state index contributed by atoms with van der Waals surface area (Å²) in [6.07, 6.45) is 1.59. The lowest BCUT2D eigenvalue weighted by Crippen LogP contribution is -3.27. The first-order valence-electron chi connectivity index (χ1n) is 9.88. The van der Waals surface area contributed by atoms with Gasteiger partial charge in [0.15, 0.2) is 11.5 Å². The van der Waals surface area contributed by atoms with Crippen molar-refractivity contribution in [1.29, 1.82) is 0 Å². The summed E-state index contributed by atoms with van der Waals surface area (Å²) in [5.74, 6) is 0.131. The van der Waals surface area contributed by atoms with Crippen molar-refractivity contribution in [1.82, 2.24) is 0 Å². The monoisotopic (exact) mass is 400 g/mol. The minimum absolute atomic E-state index is 0.122. The van der Waals surface area contributed by atoms with E-state index in [0.717, 1.165) is 32.7 Å². The number of carbonyl (C=O) groups excluding carboxylic acids is 1. The largest absolute Gasteiger partial charge is 0.507 e. The third-order valence-corrected chi connectivity index (χ3v) is 5.64. The maximum absolute atomic E-state index is 13.1. The Hall–Kier alpha value is -2.74. The van der Waals surface area contributed by atoms with Crippen LogP contribution >= 0.6 is 0 Å². The van der Waals surface area contributed by atoms with Gasteiger partial charge in [-0.05, 0) is 35.9 Å². The third-order valence-electron chi connectivity index (χ3n) is 5.64. The van der Waals surface area contributed by atoms with Crippen molar-refractivity contribution >= 4 is 11.9 Å². The molecular weight excluding hydrogens is 375 g/mol. The zero-order valence-electron chi connectivity index (χ0n) is 16.1.